The van der Waals surface area contributed by atoms with Gasteiger partial charge in [-0.1, -0.05) is 11.6 Å². The van der Waals surface area contributed by atoms with Crippen molar-refractivity contribution in [3.63, 3.8) is 0 Å². The molecule has 0 saturated heterocycles. The van der Waals surface area contributed by atoms with Crippen LogP contribution in [0.15, 0.2) is 71.8 Å². The maximum atomic E-state index is 12.3. The van der Waals surface area contributed by atoms with Gasteiger partial charge in [-0.25, -0.2) is 10.2 Å². The van der Waals surface area contributed by atoms with Crippen LogP contribution >= 0.6 is 11.6 Å². The summed E-state index contributed by atoms with van der Waals surface area (Å²) in [7, 11) is 0. The van der Waals surface area contributed by atoms with Gasteiger partial charge in [-0.3, -0.25) is 25.0 Å². The molecule has 0 aliphatic rings. The summed E-state index contributed by atoms with van der Waals surface area (Å²) in [4.78, 5) is 44.5. The average molecular weight is 469 g/mol. The predicted octanol–water partition coefficient (Wildman–Crippen LogP) is 4.14. The van der Waals surface area contributed by atoms with E-state index in [1.54, 1.807) is 24.3 Å². The number of non-ortho nitro benzene ring substituents is 2. The lowest BCUT2D eigenvalue weighted by molar-refractivity contribution is -0.394. The Bertz CT molecular complexity index is 1230. The van der Waals surface area contributed by atoms with Gasteiger partial charge in [-0.05, 0) is 54.1 Å². The zero-order chi connectivity index (χ0) is 24.0. The number of halogens is 1. The third-order valence-electron chi connectivity index (χ3n) is 4.14. The van der Waals surface area contributed by atoms with Crippen LogP contribution in [0.25, 0.3) is 0 Å². The Morgan fingerprint density at radius 1 is 0.879 bits per heavy atom. The molecular weight excluding hydrogens is 456 g/mol. The van der Waals surface area contributed by atoms with E-state index in [1.165, 1.54) is 30.5 Å². The summed E-state index contributed by atoms with van der Waals surface area (Å²) in [6, 6.07) is 14.7. The van der Waals surface area contributed by atoms with Gasteiger partial charge in [0, 0.05) is 22.7 Å². The van der Waals surface area contributed by atoms with E-state index in [0.29, 0.717) is 16.1 Å². The smallest absolute Gasteiger partial charge is 0.344 e. The molecule has 11 nitrogen and oxygen atoms in total. The van der Waals surface area contributed by atoms with Gasteiger partial charge < -0.3 is 4.74 Å². The van der Waals surface area contributed by atoms with E-state index in [0.717, 1.165) is 18.2 Å². The van der Waals surface area contributed by atoms with Crippen molar-refractivity contribution in [2.75, 3.05) is 0 Å². The third-order valence-corrected chi connectivity index (χ3v) is 4.39. The fourth-order valence-electron chi connectivity index (χ4n) is 2.54. The average Bonchev–Trinajstić information content (AvgIpc) is 2.80. The summed E-state index contributed by atoms with van der Waals surface area (Å²) in [5.41, 5.74) is 1.74. The molecule has 33 heavy (non-hydrogen) atoms. The van der Waals surface area contributed by atoms with Crippen LogP contribution in [0.2, 0.25) is 5.02 Å². The van der Waals surface area contributed by atoms with Gasteiger partial charge in [-0.15, -0.1) is 0 Å². The van der Waals surface area contributed by atoms with E-state index >= 15 is 0 Å². The molecule has 0 radical (unpaired) electrons. The summed E-state index contributed by atoms with van der Waals surface area (Å²) in [5.74, 6) is -1.34. The highest BCUT2D eigenvalue weighted by molar-refractivity contribution is 6.30. The van der Waals surface area contributed by atoms with Gasteiger partial charge in [0.15, 0.2) is 0 Å². The number of nitrogens with zero attached hydrogens (tertiary/aromatic N) is 3. The second kappa shape index (κ2) is 10.1. The highest BCUT2D eigenvalue weighted by Crippen LogP contribution is 2.24. The van der Waals surface area contributed by atoms with Crippen molar-refractivity contribution >= 4 is 41.1 Å². The lowest BCUT2D eigenvalue weighted by Crippen LogP contribution is -2.17. The number of nitro groups is 2. The van der Waals surface area contributed by atoms with Gasteiger partial charge in [0.05, 0.1) is 27.7 Å². The van der Waals surface area contributed by atoms with Crippen LogP contribution < -0.4 is 10.2 Å². The first-order chi connectivity index (χ1) is 15.7. The van der Waals surface area contributed by atoms with E-state index in [4.69, 9.17) is 16.3 Å². The second-order valence-corrected chi connectivity index (χ2v) is 6.85. The molecule has 0 unspecified atom stereocenters. The molecule has 0 atom stereocenters. The Kier molecular flexibility index (Phi) is 7.06. The normalized spacial score (nSPS) is 10.6. The molecule has 0 heterocycles. The summed E-state index contributed by atoms with van der Waals surface area (Å²) >= 11 is 5.77. The van der Waals surface area contributed by atoms with E-state index in [9.17, 15) is 29.8 Å². The minimum atomic E-state index is -1.00. The lowest BCUT2D eigenvalue weighted by Gasteiger charge is -2.05. The van der Waals surface area contributed by atoms with Crippen LogP contribution in [0, 0.1) is 20.2 Å². The van der Waals surface area contributed by atoms with Crippen molar-refractivity contribution in [3.8, 4) is 5.75 Å². The standard InChI is InChI=1S/C21H13ClN4O7/c22-16-5-3-14(4-6-16)20(27)24-23-12-13-1-7-19(8-2-13)33-21(28)15-9-17(25(29)30)11-18(10-15)26(31)32/h1-12H,(H,24,27)/b23-12-. The molecule has 3 aromatic carbocycles. The SMILES string of the molecule is O=C(N/N=C\c1ccc(OC(=O)c2cc([N+](=O)[O-])cc([N+](=O)[O-])c2)cc1)c1ccc(Cl)cc1. The zero-order valence-electron chi connectivity index (χ0n) is 16.5. The summed E-state index contributed by atoms with van der Waals surface area (Å²) < 4.78 is 5.13. The Balaban J connectivity index is 1.64. The monoisotopic (exact) mass is 468 g/mol. The van der Waals surface area contributed by atoms with Crippen molar-refractivity contribution in [2.45, 2.75) is 0 Å². The molecule has 0 aliphatic heterocycles. The van der Waals surface area contributed by atoms with Crippen molar-refractivity contribution in [2.24, 2.45) is 5.10 Å². The number of nitro benzene ring substituents is 2. The number of hydrogen-bond donors (Lipinski definition) is 1. The second-order valence-electron chi connectivity index (χ2n) is 6.42. The Morgan fingerprint density at radius 2 is 1.45 bits per heavy atom. The number of hydrazone groups is 1. The van der Waals surface area contributed by atoms with Gasteiger partial charge >= 0.3 is 5.97 Å². The topological polar surface area (TPSA) is 154 Å². The van der Waals surface area contributed by atoms with Gasteiger partial charge in [0.1, 0.15) is 5.75 Å². The lowest BCUT2D eigenvalue weighted by atomic mass is 10.1. The van der Waals surface area contributed by atoms with Gasteiger partial charge in [0.2, 0.25) is 0 Å². The first kappa shape index (κ1) is 23.0. The Morgan fingerprint density at radius 3 is 2.00 bits per heavy atom. The maximum absolute atomic E-state index is 12.3. The summed E-state index contributed by atoms with van der Waals surface area (Å²) in [6.07, 6.45) is 1.36. The molecule has 0 fully saturated rings. The van der Waals surface area contributed by atoms with Crippen LogP contribution in [0.1, 0.15) is 26.3 Å². The molecule has 3 aromatic rings. The molecule has 0 aliphatic carbocycles. The van der Waals surface area contributed by atoms with Gasteiger partial charge in [-0.2, -0.15) is 5.10 Å². The van der Waals surface area contributed by atoms with Crippen LogP contribution in [0.5, 0.6) is 5.75 Å². The third kappa shape index (κ3) is 6.18. The van der Waals surface area contributed by atoms with Crippen LogP contribution in [-0.4, -0.2) is 27.9 Å². The van der Waals surface area contributed by atoms with Crippen molar-refractivity contribution in [1.82, 2.24) is 5.43 Å². The number of hydrogen-bond acceptors (Lipinski definition) is 8. The molecule has 0 saturated carbocycles. The molecule has 1 N–H and O–H groups in total. The maximum Gasteiger partial charge on any atom is 0.344 e. The highest BCUT2D eigenvalue weighted by Gasteiger charge is 2.21. The summed E-state index contributed by atoms with van der Waals surface area (Å²) in [6.45, 7) is 0. The minimum Gasteiger partial charge on any atom is -0.423 e. The van der Waals surface area contributed by atoms with Crippen molar-refractivity contribution in [3.05, 3.63) is 109 Å². The molecule has 1 amide bonds. The van der Waals surface area contributed by atoms with Crippen molar-refractivity contribution in [1.29, 1.82) is 0 Å². The number of benzene rings is 3. The molecule has 166 valence electrons. The van der Waals surface area contributed by atoms with E-state index in [-0.39, 0.29) is 11.3 Å². The van der Waals surface area contributed by atoms with Crippen LogP contribution in [0.4, 0.5) is 11.4 Å². The zero-order valence-corrected chi connectivity index (χ0v) is 17.3. The fourth-order valence-corrected chi connectivity index (χ4v) is 2.67. The number of nitrogens with one attached hydrogen (secondary N) is 1. The molecular formula is C21H13ClN4O7. The number of carbonyl (C=O) groups excluding carboxylic acids is 2. The molecule has 3 rings (SSSR count). The predicted molar refractivity (Wildman–Crippen MR) is 118 cm³/mol. The molecule has 12 heteroatoms. The first-order valence-electron chi connectivity index (χ1n) is 9.08. The largest absolute Gasteiger partial charge is 0.423 e. The number of amides is 1. The quantitative estimate of drug-likeness (QED) is 0.179. The molecule has 0 bridgehead atoms. The molecule has 0 aromatic heterocycles. The summed E-state index contributed by atoms with van der Waals surface area (Å²) in [5, 5.41) is 26.2. The fraction of sp³-hybridized carbons (Fsp3) is 0. The van der Waals surface area contributed by atoms with Crippen LogP contribution in [0.3, 0.4) is 0 Å². The number of ether oxygens (including phenoxy) is 1. The van der Waals surface area contributed by atoms with Crippen LogP contribution in [-0.2, 0) is 0 Å². The van der Waals surface area contributed by atoms with Gasteiger partial charge in [0.25, 0.3) is 17.3 Å². The molecule has 0 spiro atoms. The number of rotatable bonds is 7. The van der Waals surface area contributed by atoms with Crippen molar-refractivity contribution < 1.29 is 24.2 Å². The number of carbonyl (C=O) groups is 2. The Labute approximate surface area is 190 Å². The minimum absolute atomic E-state index is 0.0940. The Hall–Kier alpha value is -4.64. The van der Waals surface area contributed by atoms with E-state index in [2.05, 4.69) is 10.5 Å². The van der Waals surface area contributed by atoms with E-state index in [1.807, 2.05) is 0 Å². The first-order valence-corrected chi connectivity index (χ1v) is 9.46. The highest BCUT2D eigenvalue weighted by atomic mass is 35.5. The van der Waals surface area contributed by atoms with E-state index < -0.39 is 33.1 Å². The number of esters is 1.